The number of para-hydroxylation sites is 1. The van der Waals surface area contributed by atoms with Crippen LogP contribution in [0.15, 0.2) is 72.8 Å². The van der Waals surface area contributed by atoms with E-state index in [1.54, 1.807) is 24.3 Å². The molecule has 0 aromatic heterocycles. The second-order valence-electron chi connectivity index (χ2n) is 7.68. The minimum Gasteiger partial charge on any atom is -0.324 e. The van der Waals surface area contributed by atoms with Gasteiger partial charge in [0, 0.05) is 12.1 Å². The zero-order chi connectivity index (χ0) is 22.0. The normalized spacial score (nSPS) is 13.8. The Morgan fingerprint density at radius 2 is 1.48 bits per heavy atom. The SMILES string of the molecule is CCc1cccc(C)c1NC(=O)C(Cc1ccccc1)N1C(=O)c2ccccc2C1=O. The molecule has 0 bridgehead atoms. The Morgan fingerprint density at radius 1 is 0.871 bits per heavy atom. The number of carbonyl (C=O) groups excluding carboxylic acids is 3. The summed E-state index contributed by atoms with van der Waals surface area (Å²) in [6, 6.07) is 21.0. The van der Waals surface area contributed by atoms with Gasteiger partial charge in [-0.05, 0) is 42.2 Å². The monoisotopic (exact) mass is 412 g/mol. The van der Waals surface area contributed by atoms with E-state index in [0.717, 1.165) is 33.7 Å². The molecule has 1 aliphatic heterocycles. The maximum absolute atomic E-state index is 13.5. The quantitative estimate of drug-likeness (QED) is 0.610. The fourth-order valence-corrected chi connectivity index (χ4v) is 4.04. The average Bonchev–Trinajstić information content (AvgIpc) is 3.04. The molecule has 3 amide bonds. The van der Waals surface area contributed by atoms with Gasteiger partial charge in [-0.2, -0.15) is 0 Å². The van der Waals surface area contributed by atoms with Crippen molar-refractivity contribution in [2.24, 2.45) is 0 Å². The Hall–Kier alpha value is -3.73. The van der Waals surface area contributed by atoms with Crippen LogP contribution >= 0.6 is 0 Å². The molecular formula is C26H24N2O3. The minimum atomic E-state index is -0.959. The maximum atomic E-state index is 13.5. The van der Waals surface area contributed by atoms with Gasteiger partial charge in [-0.15, -0.1) is 0 Å². The van der Waals surface area contributed by atoms with Crippen molar-refractivity contribution in [3.05, 3.63) is 101 Å². The molecule has 4 rings (SSSR count). The van der Waals surface area contributed by atoms with Crippen LogP contribution in [0.5, 0.6) is 0 Å². The Bertz CT molecular complexity index is 1120. The molecule has 0 radical (unpaired) electrons. The number of aryl methyl sites for hydroxylation is 2. The number of fused-ring (bicyclic) bond motifs is 1. The summed E-state index contributed by atoms with van der Waals surface area (Å²) in [5.74, 6) is -1.24. The second kappa shape index (κ2) is 8.56. The molecule has 1 aliphatic rings. The highest BCUT2D eigenvalue weighted by Crippen LogP contribution is 2.28. The highest BCUT2D eigenvalue weighted by Gasteiger charge is 2.42. The lowest BCUT2D eigenvalue weighted by Gasteiger charge is -2.26. The molecule has 31 heavy (non-hydrogen) atoms. The molecule has 1 N–H and O–H groups in total. The molecule has 3 aromatic rings. The number of amides is 3. The van der Waals surface area contributed by atoms with Crippen LogP contribution in [0, 0.1) is 6.92 Å². The number of hydrogen-bond acceptors (Lipinski definition) is 3. The molecule has 1 unspecified atom stereocenters. The molecule has 3 aromatic carbocycles. The first-order valence-corrected chi connectivity index (χ1v) is 10.4. The summed E-state index contributed by atoms with van der Waals surface area (Å²) >= 11 is 0. The molecular weight excluding hydrogens is 388 g/mol. The van der Waals surface area contributed by atoms with Crippen LogP contribution in [0.25, 0.3) is 0 Å². The van der Waals surface area contributed by atoms with Crippen LogP contribution in [0.1, 0.15) is 44.3 Å². The van der Waals surface area contributed by atoms with Gasteiger partial charge in [-0.25, -0.2) is 0 Å². The predicted molar refractivity (Wildman–Crippen MR) is 120 cm³/mol. The number of hydrogen-bond donors (Lipinski definition) is 1. The molecule has 0 saturated heterocycles. The zero-order valence-electron chi connectivity index (χ0n) is 17.6. The number of benzene rings is 3. The number of imide groups is 1. The molecule has 1 atom stereocenters. The molecule has 0 saturated carbocycles. The largest absolute Gasteiger partial charge is 0.324 e. The fraction of sp³-hybridized carbons (Fsp3) is 0.192. The number of rotatable bonds is 6. The van der Waals surface area contributed by atoms with Crippen molar-refractivity contribution in [1.82, 2.24) is 4.90 Å². The number of anilines is 1. The number of carbonyl (C=O) groups is 3. The molecule has 0 aliphatic carbocycles. The highest BCUT2D eigenvalue weighted by atomic mass is 16.2. The molecule has 0 fully saturated rings. The minimum absolute atomic E-state index is 0.242. The molecule has 0 spiro atoms. The van der Waals surface area contributed by atoms with E-state index in [2.05, 4.69) is 5.32 Å². The van der Waals surface area contributed by atoms with Crippen LogP contribution in [0.2, 0.25) is 0 Å². The first kappa shape index (κ1) is 20.5. The van der Waals surface area contributed by atoms with Crippen LogP contribution in [-0.2, 0) is 17.6 Å². The van der Waals surface area contributed by atoms with Gasteiger partial charge in [0.1, 0.15) is 6.04 Å². The fourth-order valence-electron chi connectivity index (χ4n) is 4.04. The van der Waals surface area contributed by atoms with Crippen LogP contribution in [0.4, 0.5) is 5.69 Å². The molecule has 156 valence electrons. The lowest BCUT2D eigenvalue weighted by Crippen LogP contribution is -2.48. The number of nitrogens with zero attached hydrogens (tertiary/aromatic N) is 1. The van der Waals surface area contributed by atoms with Gasteiger partial charge < -0.3 is 5.32 Å². The van der Waals surface area contributed by atoms with Gasteiger partial charge in [0.05, 0.1) is 11.1 Å². The lowest BCUT2D eigenvalue weighted by molar-refractivity contribution is -0.119. The standard InChI is InChI=1S/C26H24N2O3/c1-3-19-13-9-10-17(2)23(19)27-24(29)22(16-18-11-5-4-6-12-18)28-25(30)20-14-7-8-15-21(20)26(28)31/h4-15,22H,3,16H2,1-2H3,(H,27,29). The van der Waals surface area contributed by atoms with Gasteiger partial charge >= 0.3 is 0 Å². The summed E-state index contributed by atoms with van der Waals surface area (Å²) in [7, 11) is 0. The van der Waals surface area contributed by atoms with Crippen molar-refractivity contribution in [3.8, 4) is 0 Å². The van der Waals surface area contributed by atoms with Crippen molar-refractivity contribution >= 4 is 23.4 Å². The van der Waals surface area contributed by atoms with Gasteiger partial charge in [0.2, 0.25) is 5.91 Å². The summed E-state index contributed by atoms with van der Waals surface area (Å²) in [5.41, 5.74) is 4.24. The van der Waals surface area contributed by atoms with Crippen LogP contribution in [-0.4, -0.2) is 28.7 Å². The lowest BCUT2D eigenvalue weighted by atomic mass is 10.0. The smallest absolute Gasteiger partial charge is 0.262 e. The van der Waals surface area contributed by atoms with Gasteiger partial charge in [-0.3, -0.25) is 19.3 Å². The third-order valence-corrected chi connectivity index (χ3v) is 5.70. The van der Waals surface area contributed by atoms with Crippen molar-refractivity contribution in [3.63, 3.8) is 0 Å². The van der Waals surface area contributed by atoms with Crippen molar-refractivity contribution in [2.75, 3.05) is 5.32 Å². The maximum Gasteiger partial charge on any atom is 0.262 e. The van der Waals surface area contributed by atoms with Crippen LogP contribution < -0.4 is 5.32 Å². The summed E-state index contributed by atoms with van der Waals surface area (Å²) in [6.07, 6.45) is 0.999. The van der Waals surface area contributed by atoms with E-state index in [-0.39, 0.29) is 12.3 Å². The first-order valence-electron chi connectivity index (χ1n) is 10.4. The van der Waals surface area contributed by atoms with Gasteiger partial charge in [-0.1, -0.05) is 67.6 Å². The van der Waals surface area contributed by atoms with Gasteiger partial charge in [0.15, 0.2) is 0 Å². The first-order chi connectivity index (χ1) is 15.0. The van der Waals surface area contributed by atoms with Crippen molar-refractivity contribution < 1.29 is 14.4 Å². The summed E-state index contributed by atoms with van der Waals surface area (Å²) in [6.45, 7) is 3.96. The Labute approximate surface area is 181 Å². The Morgan fingerprint density at radius 3 is 2.10 bits per heavy atom. The van der Waals surface area contributed by atoms with E-state index in [4.69, 9.17) is 0 Å². The molecule has 5 nitrogen and oxygen atoms in total. The zero-order valence-corrected chi connectivity index (χ0v) is 17.6. The van der Waals surface area contributed by atoms with E-state index in [1.165, 1.54) is 0 Å². The third kappa shape index (κ3) is 3.87. The molecule has 1 heterocycles. The summed E-state index contributed by atoms with van der Waals surface area (Å²) in [5, 5.41) is 3.01. The Kier molecular flexibility index (Phi) is 5.67. The summed E-state index contributed by atoms with van der Waals surface area (Å²) in [4.78, 5) is 40.8. The van der Waals surface area contributed by atoms with Gasteiger partial charge in [0.25, 0.3) is 11.8 Å². The molecule has 5 heteroatoms. The van der Waals surface area contributed by atoms with E-state index < -0.39 is 17.9 Å². The Balaban J connectivity index is 1.71. The predicted octanol–water partition coefficient (Wildman–Crippen LogP) is 4.40. The van der Waals surface area contributed by atoms with E-state index in [0.29, 0.717) is 11.1 Å². The second-order valence-corrected chi connectivity index (χ2v) is 7.68. The summed E-state index contributed by atoms with van der Waals surface area (Å²) < 4.78 is 0. The topological polar surface area (TPSA) is 66.5 Å². The van der Waals surface area contributed by atoms with E-state index >= 15 is 0 Å². The average molecular weight is 412 g/mol. The number of nitrogens with one attached hydrogen (secondary N) is 1. The van der Waals surface area contributed by atoms with E-state index in [1.807, 2.05) is 62.4 Å². The third-order valence-electron chi connectivity index (χ3n) is 5.70. The van der Waals surface area contributed by atoms with Crippen LogP contribution in [0.3, 0.4) is 0 Å². The highest BCUT2D eigenvalue weighted by molar-refractivity contribution is 6.23. The van der Waals surface area contributed by atoms with E-state index in [9.17, 15) is 14.4 Å². The van der Waals surface area contributed by atoms with Crippen molar-refractivity contribution in [1.29, 1.82) is 0 Å². The van der Waals surface area contributed by atoms with Crippen molar-refractivity contribution in [2.45, 2.75) is 32.7 Å².